The third kappa shape index (κ3) is 3.72. The number of piperazine rings is 1. The van der Waals surface area contributed by atoms with Crippen molar-refractivity contribution in [3.63, 3.8) is 0 Å². The maximum atomic E-state index is 5.22. The van der Waals surface area contributed by atoms with Crippen LogP contribution in [0.2, 0.25) is 0 Å². The first-order valence-corrected chi connectivity index (χ1v) is 9.23. The van der Waals surface area contributed by atoms with Crippen molar-refractivity contribution in [2.75, 3.05) is 44.7 Å². The summed E-state index contributed by atoms with van der Waals surface area (Å²) in [5.41, 5.74) is 2.18. The Kier molecular flexibility index (Phi) is 5.40. The molecular weight excluding hydrogens is 322 g/mol. The SMILES string of the molecule is CN=C(NCCc1c(C)noc1C)N1CCN(c2cccs2)CC1. The van der Waals surface area contributed by atoms with Crippen molar-refractivity contribution in [3.05, 3.63) is 34.5 Å². The minimum atomic E-state index is 0.834. The van der Waals surface area contributed by atoms with E-state index in [2.05, 4.69) is 42.8 Å². The molecule has 0 aliphatic carbocycles. The molecular formula is C17H25N5OS. The van der Waals surface area contributed by atoms with Crippen molar-refractivity contribution in [1.29, 1.82) is 0 Å². The smallest absolute Gasteiger partial charge is 0.193 e. The lowest BCUT2D eigenvalue weighted by atomic mass is 10.1. The molecule has 0 atom stereocenters. The van der Waals surface area contributed by atoms with Gasteiger partial charge in [0.25, 0.3) is 0 Å². The Labute approximate surface area is 147 Å². The van der Waals surface area contributed by atoms with E-state index in [4.69, 9.17) is 4.52 Å². The fraction of sp³-hybridized carbons (Fsp3) is 0.529. The van der Waals surface area contributed by atoms with E-state index in [1.807, 2.05) is 20.9 Å². The largest absolute Gasteiger partial charge is 0.361 e. The first-order chi connectivity index (χ1) is 11.7. The lowest BCUT2D eigenvalue weighted by molar-refractivity contribution is 0.373. The number of nitrogens with one attached hydrogen (secondary N) is 1. The van der Waals surface area contributed by atoms with Crippen molar-refractivity contribution in [2.24, 2.45) is 4.99 Å². The van der Waals surface area contributed by atoms with Crippen LogP contribution >= 0.6 is 11.3 Å². The number of rotatable bonds is 4. The number of aliphatic imine (C=N–C) groups is 1. The second-order valence-electron chi connectivity index (χ2n) is 5.95. The van der Waals surface area contributed by atoms with E-state index >= 15 is 0 Å². The van der Waals surface area contributed by atoms with Crippen LogP contribution in [0, 0.1) is 13.8 Å². The van der Waals surface area contributed by atoms with Crippen molar-refractivity contribution in [1.82, 2.24) is 15.4 Å². The molecule has 0 unspecified atom stereocenters. The first-order valence-electron chi connectivity index (χ1n) is 8.35. The predicted octanol–water partition coefficient (Wildman–Crippen LogP) is 2.29. The molecule has 2 aromatic heterocycles. The number of nitrogens with zero attached hydrogens (tertiary/aromatic N) is 4. The molecule has 6 nitrogen and oxygen atoms in total. The van der Waals surface area contributed by atoms with E-state index in [-0.39, 0.29) is 0 Å². The Bertz CT molecular complexity index is 652. The highest BCUT2D eigenvalue weighted by Crippen LogP contribution is 2.22. The second-order valence-corrected chi connectivity index (χ2v) is 6.88. The van der Waals surface area contributed by atoms with Gasteiger partial charge in [-0.3, -0.25) is 4.99 Å². The molecule has 0 bridgehead atoms. The molecule has 1 saturated heterocycles. The van der Waals surface area contributed by atoms with Gasteiger partial charge in [0.2, 0.25) is 0 Å². The number of hydrogen-bond donors (Lipinski definition) is 1. The zero-order chi connectivity index (χ0) is 16.9. The van der Waals surface area contributed by atoms with Crippen LogP contribution in [0.5, 0.6) is 0 Å². The molecule has 0 aromatic carbocycles. The van der Waals surface area contributed by atoms with E-state index in [0.717, 1.165) is 56.6 Å². The highest BCUT2D eigenvalue weighted by atomic mass is 32.1. The van der Waals surface area contributed by atoms with E-state index in [0.29, 0.717) is 0 Å². The summed E-state index contributed by atoms with van der Waals surface area (Å²) in [5, 5.41) is 11.0. The number of aryl methyl sites for hydroxylation is 2. The molecule has 3 heterocycles. The zero-order valence-corrected chi connectivity index (χ0v) is 15.4. The molecule has 1 aliphatic rings. The Balaban J connectivity index is 1.49. The molecule has 24 heavy (non-hydrogen) atoms. The number of guanidine groups is 1. The standard InChI is InChI=1S/C17H25N5OS/c1-13-15(14(2)23-20-13)6-7-19-17(18-3)22-10-8-21(9-11-22)16-5-4-12-24-16/h4-5,12H,6-11H2,1-3H3,(H,18,19). The van der Waals surface area contributed by atoms with Crippen LogP contribution in [-0.4, -0.2) is 55.8 Å². The van der Waals surface area contributed by atoms with Gasteiger partial charge in [0.05, 0.1) is 10.7 Å². The molecule has 7 heteroatoms. The molecule has 3 rings (SSSR count). The van der Waals surface area contributed by atoms with Crippen LogP contribution in [0.15, 0.2) is 27.0 Å². The van der Waals surface area contributed by atoms with Crippen LogP contribution in [-0.2, 0) is 6.42 Å². The van der Waals surface area contributed by atoms with Gasteiger partial charge in [-0.05, 0) is 37.8 Å². The highest BCUT2D eigenvalue weighted by molar-refractivity contribution is 7.14. The Morgan fingerprint density at radius 3 is 2.71 bits per heavy atom. The Hall–Kier alpha value is -2.02. The zero-order valence-electron chi connectivity index (χ0n) is 14.6. The van der Waals surface area contributed by atoms with Crippen LogP contribution in [0.3, 0.4) is 0 Å². The summed E-state index contributed by atoms with van der Waals surface area (Å²) in [4.78, 5) is 9.21. The monoisotopic (exact) mass is 347 g/mol. The van der Waals surface area contributed by atoms with E-state index in [1.165, 1.54) is 10.6 Å². The molecule has 0 saturated carbocycles. The lowest BCUT2D eigenvalue weighted by Gasteiger charge is -2.37. The van der Waals surface area contributed by atoms with Gasteiger partial charge < -0.3 is 19.6 Å². The predicted molar refractivity (Wildman–Crippen MR) is 99.1 cm³/mol. The van der Waals surface area contributed by atoms with Gasteiger partial charge in [0, 0.05) is 45.3 Å². The van der Waals surface area contributed by atoms with Gasteiger partial charge in [-0.25, -0.2) is 0 Å². The van der Waals surface area contributed by atoms with Crippen LogP contribution in [0.1, 0.15) is 17.0 Å². The second kappa shape index (κ2) is 7.70. The number of aromatic nitrogens is 1. The average Bonchev–Trinajstić information content (AvgIpc) is 3.24. The molecule has 0 radical (unpaired) electrons. The molecule has 0 amide bonds. The minimum absolute atomic E-state index is 0.834. The average molecular weight is 347 g/mol. The van der Waals surface area contributed by atoms with Crippen molar-refractivity contribution in [3.8, 4) is 0 Å². The van der Waals surface area contributed by atoms with Crippen molar-refractivity contribution < 1.29 is 4.52 Å². The summed E-state index contributed by atoms with van der Waals surface area (Å²) in [6.45, 7) is 8.83. The third-order valence-corrected chi connectivity index (χ3v) is 5.38. The molecule has 0 spiro atoms. The van der Waals surface area contributed by atoms with Crippen molar-refractivity contribution >= 4 is 22.3 Å². The summed E-state index contributed by atoms with van der Waals surface area (Å²) in [7, 11) is 1.85. The van der Waals surface area contributed by atoms with Gasteiger partial charge in [-0.1, -0.05) is 5.16 Å². The quantitative estimate of drug-likeness (QED) is 0.679. The van der Waals surface area contributed by atoms with Crippen LogP contribution in [0.25, 0.3) is 0 Å². The maximum Gasteiger partial charge on any atom is 0.193 e. The molecule has 1 N–H and O–H groups in total. The summed E-state index contributed by atoms with van der Waals surface area (Å²) >= 11 is 1.81. The van der Waals surface area contributed by atoms with Gasteiger partial charge in [-0.15, -0.1) is 11.3 Å². The van der Waals surface area contributed by atoms with Gasteiger partial charge in [0.15, 0.2) is 5.96 Å². The first kappa shape index (κ1) is 16.8. The highest BCUT2D eigenvalue weighted by Gasteiger charge is 2.20. The molecule has 1 fully saturated rings. The summed E-state index contributed by atoms with van der Waals surface area (Å²) in [6.07, 6.45) is 0.898. The third-order valence-electron chi connectivity index (χ3n) is 4.45. The van der Waals surface area contributed by atoms with Gasteiger partial charge >= 0.3 is 0 Å². The topological polar surface area (TPSA) is 56.9 Å². The van der Waals surface area contributed by atoms with Crippen LogP contribution < -0.4 is 10.2 Å². The summed E-state index contributed by atoms with van der Waals surface area (Å²) in [6, 6.07) is 4.30. The van der Waals surface area contributed by atoms with Gasteiger partial charge in [-0.2, -0.15) is 0 Å². The number of hydrogen-bond acceptors (Lipinski definition) is 5. The molecule has 1 aliphatic heterocycles. The summed E-state index contributed by atoms with van der Waals surface area (Å²) in [5.74, 6) is 1.89. The lowest BCUT2D eigenvalue weighted by Crippen LogP contribution is -2.52. The van der Waals surface area contributed by atoms with E-state index in [1.54, 1.807) is 11.3 Å². The molecule has 2 aromatic rings. The van der Waals surface area contributed by atoms with Gasteiger partial charge in [0.1, 0.15) is 5.76 Å². The fourth-order valence-corrected chi connectivity index (χ4v) is 3.86. The van der Waals surface area contributed by atoms with E-state index in [9.17, 15) is 0 Å². The van der Waals surface area contributed by atoms with Crippen molar-refractivity contribution in [2.45, 2.75) is 20.3 Å². The number of thiophene rings is 1. The Morgan fingerprint density at radius 1 is 1.33 bits per heavy atom. The Morgan fingerprint density at radius 2 is 2.12 bits per heavy atom. The molecule has 130 valence electrons. The minimum Gasteiger partial charge on any atom is -0.361 e. The fourth-order valence-electron chi connectivity index (χ4n) is 3.08. The summed E-state index contributed by atoms with van der Waals surface area (Å²) < 4.78 is 5.22. The number of anilines is 1. The van der Waals surface area contributed by atoms with E-state index < -0.39 is 0 Å². The van der Waals surface area contributed by atoms with Crippen LogP contribution in [0.4, 0.5) is 5.00 Å². The maximum absolute atomic E-state index is 5.22. The normalized spacial score (nSPS) is 15.9.